The fourth-order valence-corrected chi connectivity index (χ4v) is 2.33. The van der Waals surface area contributed by atoms with Gasteiger partial charge in [-0.05, 0) is 37.1 Å². The van der Waals surface area contributed by atoms with Gasteiger partial charge in [0.2, 0.25) is 5.91 Å². The SMILES string of the molecule is C#CCN1CCC(Nc2ccc(C(N)=O)cc2)CC1. The van der Waals surface area contributed by atoms with Crippen LogP contribution in [0.5, 0.6) is 0 Å². The van der Waals surface area contributed by atoms with E-state index in [1.54, 1.807) is 12.1 Å². The second kappa shape index (κ2) is 6.26. The topological polar surface area (TPSA) is 58.4 Å². The summed E-state index contributed by atoms with van der Waals surface area (Å²) in [6, 6.07) is 7.76. The Bertz CT molecular complexity index is 467. The highest BCUT2D eigenvalue weighted by Gasteiger charge is 2.18. The van der Waals surface area contributed by atoms with Crippen molar-refractivity contribution >= 4 is 11.6 Å². The third-order valence-electron chi connectivity index (χ3n) is 3.44. The molecule has 100 valence electrons. The van der Waals surface area contributed by atoms with Crippen molar-refractivity contribution in [1.82, 2.24) is 4.90 Å². The van der Waals surface area contributed by atoms with E-state index >= 15 is 0 Å². The molecule has 1 fully saturated rings. The molecule has 0 aromatic heterocycles. The van der Waals surface area contributed by atoms with Crippen molar-refractivity contribution in [1.29, 1.82) is 0 Å². The van der Waals surface area contributed by atoms with Crippen LogP contribution >= 0.6 is 0 Å². The Labute approximate surface area is 114 Å². The van der Waals surface area contributed by atoms with Gasteiger partial charge in [0.25, 0.3) is 0 Å². The first-order valence-corrected chi connectivity index (χ1v) is 6.51. The quantitative estimate of drug-likeness (QED) is 0.799. The van der Waals surface area contributed by atoms with Gasteiger partial charge in [0.15, 0.2) is 0 Å². The van der Waals surface area contributed by atoms with Crippen molar-refractivity contribution in [2.24, 2.45) is 5.73 Å². The Morgan fingerprint density at radius 2 is 2.00 bits per heavy atom. The van der Waals surface area contributed by atoms with Crippen LogP contribution < -0.4 is 11.1 Å². The summed E-state index contributed by atoms with van der Waals surface area (Å²) >= 11 is 0. The third kappa shape index (κ3) is 3.73. The molecule has 1 amide bonds. The predicted octanol–water partition coefficient (Wildman–Crippen LogP) is 1.30. The van der Waals surface area contributed by atoms with Crippen LogP contribution in [0.2, 0.25) is 0 Å². The highest BCUT2D eigenvalue weighted by atomic mass is 16.1. The summed E-state index contributed by atoms with van der Waals surface area (Å²) in [6.45, 7) is 2.79. The molecule has 1 aliphatic rings. The first kappa shape index (κ1) is 13.4. The van der Waals surface area contributed by atoms with Gasteiger partial charge in [-0.2, -0.15) is 0 Å². The van der Waals surface area contributed by atoms with E-state index in [1.165, 1.54) is 0 Å². The highest BCUT2D eigenvalue weighted by molar-refractivity contribution is 5.93. The summed E-state index contributed by atoms with van der Waals surface area (Å²) in [5.41, 5.74) is 6.78. The van der Waals surface area contributed by atoms with Crippen LogP contribution in [0.25, 0.3) is 0 Å². The Morgan fingerprint density at radius 1 is 1.37 bits per heavy atom. The van der Waals surface area contributed by atoms with Gasteiger partial charge >= 0.3 is 0 Å². The number of likely N-dealkylation sites (tertiary alicyclic amines) is 1. The summed E-state index contributed by atoms with van der Waals surface area (Å²) in [4.78, 5) is 13.3. The van der Waals surface area contributed by atoms with Crippen LogP contribution in [-0.4, -0.2) is 36.5 Å². The lowest BCUT2D eigenvalue weighted by Gasteiger charge is -2.31. The van der Waals surface area contributed by atoms with Crippen molar-refractivity contribution in [3.8, 4) is 12.3 Å². The van der Waals surface area contributed by atoms with Crippen molar-refractivity contribution in [2.45, 2.75) is 18.9 Å². The monoisotopic (exact) mass is 257 g/mol. The molecule has 1 aromatic carbocycles. The first-order valence-electron chi connectivity index (χ1n) is 6.51. The molecule has 1 aromatic rings. The third-order valence-corrected chi connectivity index (χ3v) is 3.44. The summed E-state index contributed by atoms with van der Waals surface area (Å²) in [6.07, 6.45) is 7.48. The number of nitrogens with one attached hydrogen (secondary N) is 1. The number of rotatable bonds is 4. The second-order valence-electron chi connectivity index (χ2n) is 4.84. The average molecular weight is 257 g/mol. The predicted molar refractivity (Wildman–Crippen MR) is 76.9 cm³/mol. The van der Waals surface area contributed by atoms with Crippen LogP contribution in [0.15, 0.2) is 24.3 Å². The van der Waals surface area contributed by atoms with Crippen LogP contribution in [0, 0.1) is 12.3 Å². The van der Waals surface area contributed by atoms with Gasteiger partial charge in [-0.25, -0.2) is 0 Å². The average Bonchev–Trinajstić information content (AvgIpc) is 2.42. The molecular weight excluding hydrogens is 238 g/mol. The van der Waals surface area contributed by atoms with E-state index in [2.05, 4.69) is 16.1 Å². The van der Waals surface area contributed by atoms with Crippen molar-refractivity contribution in [3.63, 3.8) is 0 Å². The largest absolute Gasteiger partial charge is 0.382 e. The van der Waals surface area contributed by atoms with Crippen molar-refractivity contribution in [3.05, 3.63) is 29.8 Å². The molecule has 1 aliphatic heterocycles. The van der Waals surface area contributed by atoms with E-state index in [9.17, 15) is 4.79 Å². The van der Waals surface area contributed by atoms with E-state index in [0.717, 1.165) is 38.2 Å². The molecule has 2 rings (SSSR count). The number of terminal acetylenes is 1. The summed E-state index contributed by atoms with van der Waals surface area (Å²) in [7, 11) is 0. The molecule has 4 heteroatoms. The van der Waals surface area contributed by atoms with Gasteiger partial charge in [-0.1, -0.05) is 5.92 Å². The molecule has 0 spiro atoms. The van der Waals surface area contributed by atoms with Crippen LogP contribution in [-0.2, 0) is 0 Å². The number of nitrogens with zero attached hydrogens (tertiary/aromatic N) is 1. The fraction of sp³-hybridized carbons (Fsp3) is 0.400. The maximum absolute atomic E-state index is 11.0. The molecule has 1 saturated heterocycles. The molecular formula is C15H19N3O. The summed E-state index contributed by atoms with van der Waals surface area (Å²) < 4.78 is 0. The zero-order chi connectivity index (χ0) is 13.7. The van der Waals surface area contributed by atoms with Crippen LogP contribution in [0.4, 0.5) is 5.69 Å². The molecule has 0 aliphatic carbocycles. The number of piperidine rings is 1. The zero-order valence-corrected chi connectivity index (χ0v) is 10.9. The number of hydrogen-bond acceptors (Lipinski definition) is 3. The first-order chi connectivity index (χ1) is 9.19. The van der Waals surface area contributed by atoms with Gasteiger partial charge in [-0.15, -0.1) is 6.42 Å². The number of anilines is 1. The zero-order valence-electron chi connectivity index (χ0n) is 10.9. The number of hydrogen-bond donors (Lipinski definition) is 2. The van der Waals surface area contributed by atoms with Gasteiger partial charge in [0.1, 0.15) is 0 Å². The summed E-state index contributed by atoms with van der Waals surface area (Å²) in [5, 5.41) is 3.48. The number of nitrogens with two attached hydrogens (primary N) is 1. The number of carbonyl (C=O) groups is 1. The fourth-order valence-electron chi connectivity index (χ4n) is 2.33. The maximum atomic E-state index is 11.0. The van der Waals surface area contributed by atoms with Crippen molar-refractivity contribution in [2.75, 3.05) is 25.0 Å². The summed E-state index contributed by atoms with van der Waals surface area (Å²) in [5.74, 6) is 2.29. The van der Waals surface area contributed by atoms with E-state index in [1.807, 2.05) is 12.1 Å². The van der Waals surface area contributed by atoms with Gasteiger partial charge in [0.05, 0.1) is 6.54 Å². The smallest absolute Gasteiger partial charge is 0.248 e. The second-order valence-corrected chi connectivity index (χ2v) is 4.84. The Kier molecular flexibility index (Phi) is 4.43. The molecule has 0 atom stereocenters. The molecule has 0 radical (unpaired) electrons. The van der Waals surface area contributed by atoms with Gasteiger partial charge in [-0.3, -0.25) is 9.69 Å². The molecule has 1 heterocycles. The molecule has 3 N–H and O–H groups in total. The molecule has 0 bridgehead atoms. The van der Waals surface area contributed by atoms with Crippen LogP contribution in [0.1, 0.15) is 23.2 Å². The maximum Gasteiger partial charge on any atom is 0.248 e. The lowest BCUT2D eigenvalue weighted by atomic mass is 10.0. The number of amides is 1. The Morgan fingerprint density at radius 3 is 2.53 bits per heavy atom. The molecule has 0 saturated carbocycles. The molecule has 0 unspecified atom stereocenters. The van der Waals surface area contributed by atoms with E-state index in [4.69, 9.17) is 12.2 Å². The van der Waals surface area contributed by atoms with E-state index in [0.29, 0.717) is 11.6 Å². The lowest BCUT2D eigenvalue weighted by Crippen LogP contribution is -2.39. The minimum atomic E-state index is -0.394. The standard InChI is InChI=1S/C15H19N3O/c1-2-9-18-10-7-14(8-11-18)17-13-5-3-12(4-6-13)15(16)19/h1,3-6,14,17H,7-11H2,(H2,16,19). The molecule has 4 nitrogen and oxygen atoms in total. The number of benzene rings is 1. The van der Waals surface area contributed by atoms with E-state index < -0.39 is 5.91 Å². The highest BCUT2D eigenvalue weighted by Crippen LogP contribution is 2.17. The number of primary amides is 1. The number of carbonyl (C=O) groups excluding carboxylic acids is 1. The van der Waals surface area contributed by atoms with Gasteiger partial charge in [0, 0.05) is 30.4 Å². The van der Waals surface area contributed by atoms with E-state index in [-0.39, 0.29) is 0 Å². The minimum Gasteiger partial charge on any atom is -0.382 e. The van der Waals surface area contributed by atoms with Gasteiger partial charge < -0.3 is 11.1 Å². The lowest BCUT2D eigenvalue weighted by molar-refractivity contribution is 0.100. The minimum absolute atomic E-state index is 0.394. The Balaban J connectivity index is 1.85. The molecule has 19 heavy (non-hydrogen) atoms. The van der Waals surface area contributed by atoms with Crippen LogP contribution in [0.3, 0.4) is 0 Å². The normalized spacial score (nSPS) is 16.8. The van der Waals surface area contributed by atoms with Crippen molar-refractivity contribution < 1.29 is 4.79 Å². The Hall–Kier alpha value is -1.99.